The molecular formula is C20H26O5. The van der Waals surface area contributed by atoms with E-state index in [-0.39, 0.29) is 11.5 Å². The van der Waals surface area contributed by atoms with E-state index in [1.165, 1.54) is 7.11 Å². The highest BCUT2D eigenvalue weighted by molar-refractivity contribution is 5.41. The van der Waals surface area contributed by atoms with E-state index >= 15 is 0 Å². The minimum Gasteiger partial charge on any atom is -0.508 e. The van der Waals surface area contributed by atoms with Gasteiger partial charge in [-0.2, -0.15) is 0 Å². The molecule has 0 saturated carbocycles. The van der Waals surface area contributed by atoms with E-state index in [0.717, 1.165) is 11.1 Å². The Kier molecular flexibility index (Phi) is 7.10. The van der Waals surface area contributed by atoms with Crippen molar-refractivity contribution in [3.8, 4) is 17.2 Å². The summed E-state index contributed by atoms with van der Waals surface area (Å²) in [7, 11) is 1.50. The Morgan fingerprint density at radius 2 is 1.40 bits per heavy atom. The van der Waals surface area contributed by atoms with Gasteiger partial charge in [0.15, 0.2) is 11.5 Å². The van der Waals surface area contributed by atoms with Gasteiger partial charge in [-0.15, -0.1) is 0 Å². The number of hydrogen-bond donors (Lipinski definition) is 4. The molecule has 0 bridgehead atoms. The monoisotopic (exact) mass is 346 g/mol. The first kappa shape index (κ1) is 19.1. The fourth-order valence-electron chi connectivity index (χ4n) is 2.76. The number of methoxy groups -OCH3 is 1. The Morgan fingerprint density at radius 3 is 2.00 bits per heavy atom. The quantitative estimate of drug-likeness (QED) is 0.561. The molecule has 4 N–H and O–H groups in total. The number of aliphatic hydroxyl groups is 2. The maximum absolute atomic E-state index is 10.1. The van der Waals surface area contributed by atoms with E-state index < -0.39 is 12.2 Å². The number of aryl methyl sites for hydroxylation is 2. The number of hydrogen-bond acceptors (Lipinski definition) is 5. The number of phenols is 2. The average molecular weight is 346 g/mol. The first-order valence-corrected chi connectivity index (χ1v) is 8.48. The molecule has 0 spiro atoms. The number of ether oxygens (including phenoxy) is 1. The highest BCUT2D eigenvalue weighted by Crippen LogP contribution is 2.27. The Labute approximate surface area is 148 Å². The van der Waals surface area contributed by atoms with Crippen molar-refractivity contribution in [2.24, 2.45) is 0 Å². The lowest BCUT2D eigenvalue weighted by Gasteiger charge is -2.16. The van der Waals surface area contributed by atoms with Crippen LogP contribution in [0.3, 0.4) is 0 Å². The topological polar surface area (TPSA) is 90.2 Å². The fraction of sp³-hybridized carbons (Fsp3) is 0.400. The van der Waals surface area contributed by atoms with Gasteiger partial charge in [-0.05, 0) is 67.5 Å². The van der Waals surface area contributed by atoms with Crippen molar-refractivity contribution in [3.63, 3.8) is 0 Å². The number of aliphatic hydroxyl groups excluding tert-OH is 2. The van der Waals surface area contributed by atoms with Crippen LogP contribution in [0.15, 0.2) is 42.5 Å². The van der Waals surface area contributed by atoms with Crippen LogP contribution < -0.4 is 4.74 Å². The lowest BCUT2D eigenvalue weighted by Crippen LogP contribution is -2.19. The smallest absolute Gasteiger partial charge is 0.160 e. The van der Waals surface area contributed by atoms with E-state index in [4.69, 9.17) is 4.74 Å². The first-order chi connectivity index (χ1) is 12.0. The molecule has 0 radical (unpaired) electrons. The molecule has 2 aromatic carbocycles. The summed E-state index contributed by atoms with van der Waals surface area (Å²) in [6.45, 7) is 0. The molecule has 0 saturated heterocycles. The number of benzene rings is 2. The van der Waals surface area contributed by atoms with E-state index in [2.05, 4.69) is 0 Å². The van der Waals surface area contributed by atoms with Gasteiger partial charge in [-0.1, -0.05) is 18.2 Å². The molecule has 0 aliphatic rings. The zero-order valence-corrected chi connectivity index (χ0v) is 14.4. The molecule has 2 atom stereocenters. The molecule has 0 amide bonds. The summed E-state index contributed by atoms with van der Waals surface area (Å²) in [5.41, 5.74) is 2.01. The van der Waals surface area contributed by atoms with Crippen LogP contribution in [0.2, 0.25) is 0 Å². The second kappa shape index (κ2) is 9.30. The molecule has 0 unspecified atom stereocenters. The van der Waals surface area contributed by atoms with E-state index in [0.29, 0.717) is 37.9 Å². The van der Waals surface area contributed by atoms with Gasteiger partial charge in [-0.3, -0.25) is 0 Å². The molecule has 5 nitrogen and oxygen atoms in total. The van der Waals surface area contributed by atoms with Crippen molar-refractivity contribution in [3.05, 3.63) is 53.6 Å². The SMILES string of the molecule is COc1cc(CC[C@H](O)C[C@H](O)CCc2ccc(O)cc2)ccc1O. The maximum atomic E-state index is 10.1. The van der Waals surface area contributed by atoms with Gasteiger partial charge in [0.25, 0.3) is 0 Å². The highest BCUT2D eigenvalue weighted by atomic mass is 16.5. The zero-order valence-electron chi connectivity index (χ0n) is 14.4. The zero-order chi connectivity index (χ0) is 18.2. The normalized spacial score (nSPS) is 13.4. The van der Waals surface area contributed by atoms with E-state index in [9.17, 15) is 20.4 Å². The fourth-order valence-corrected chi connectivity index (χ4v) is 2.76. The van der Waals surface area contributed by atoms with Crippen LogP contribution in [-0.4, -0.2) is 39.7 Å². The van der Waals surface area contributed by atoms with Gasteiger partial charge in [-0.25, -0.2) is 0 Å². The van der Waals surface area contributed by atoms with Crippen molar-refractivity contribution >= 4 is 0 Å². The molecule has 0 aliphatic heterocycles. The van der Waals surface area contributed by atoms with Crippen LogP contribution in [-0.2, 0) is 12.8 Å². The van der Waals surface area contributed by atoms with Crippen molar-refractivity contribution in [1.82, 2.24) is 0 Å². The molecule has 0 aromatic heterocycles. The molecular weight excluding hydrogens is 320 g/mol. The van der Waals surface area contributed by atoms with Crippen LogP contribution in [0, 0.1) is 0 Å². The molecule has 0 fully saturated rings. The molecule has 136 valence electrons. The number of phenolic OH excluding ortho intramolecular Hbond substituents is 2. The van der Waals surface area contributed by atoms with Crippen molar-refractivity contribution in [1.29, 1.82) is 0 Å². The van der Waals surface area contributed by atoms with E-state index in [1.807, 2.05) is 12.1 Å². The largest absolute Gasteiger partial charge is 0.508 e. The third-order valence-corrected chi connectivity index (χ3v) is 4.26. The summed E-state index contributed by atoms with van der Waals surface area (Å²) in [6, 6.07) is 12.0. The predicted molar refractivity (Wildman–Crippen MR) is 96.0 cm³/mol. The maximum Gasteiger partial charge on any atom is 0.160 e. The van der Waals surface area contributed by atoms with Crippen LogP contribution in [0.4, 0.5) is 0 Å². The summed E-state index contributed by atoms with van der Waals surface area (Å²) in [5.74, 6) is 0.739. The lowest BCUT2D eigenvalue weighted by atomic mass is 9.99. The Morgan fingerprint density at radius 1 is 0.840 bits per heavy atom. The number of aromatic hydroxyl groups is 2. The average Bonchev–Trinajstić information content (AvgIpc) is 2.60. The van der Waals surface area contributed by atoms with Crippen molar-refractivity contribution < 1.29 is 25.2 Å². The minimum atomic E-state index is -0.588. The van der Waals surface area contributed by atoms with Gasteiger partial charge >= 0.3 is 0 Å². The standard InChI is InChI=1S/C20H26O5/c1-25-20-12-15(6-11-19(20)24)5-10-18(23)13-17(22)9-4-14-2-7-16(21)8-3-14/h2-3,6-8,11-12,17-18,21-24H,4-5,9-10,13H2,1H3/t17-,18+/m1/s1. The molecule has 0 aliphatic carbocycles. The third-order valence-electron chi connectivity index (χ3n) is 4.26. The predicted octanol–water partition coefficient (Wildman–Crippen LogP) is 2.78. The van der Waals surface area contributed by atoms with Gasteiger partial charge in [0.1, 0.15) is 5.75 Å². The number of rotatable bonds is 9. The minimum absolute atomic E-state index is 0.0939. The second-order valence-corrected chi connectivity index (χ2v) is 6.29. The molecule has 2 aromatic rings. The third kappa shape index (κ3) is 6.29. The van der Waals surface area contributed by atoms with Crippen LogP contribution in [0.25, 0.3) is 0 Å². The Balaban J connectivity index is 1.73. The Hall–Kier alpha value is -2.24. The highest BCUT2D eigenvalue weighted by Gasteiger charge is 2.13. The van der Waals surface area contributed by atoms with Crippen LogP contribution in [0.1, 0.15) is 30.4 Å². The van der Waals surface area contributed by atoms with Crippen LogP contribution in [0.5, 0.6) is 17.2 Å². The molecule has 5 heteroatoms. The van der Waals surface area contributed by atoms with Crippen molar-refractivity contribution in [2.45, 2.75) is 44.3 Å². The molecule has 2 rings (SSSR count). The summed E-state index contributed by atoms with van der Waals surface area (Å²) in [4.78, 5) is 0. The second-order valence-electron chi connectivity index (χ2n) is 6.29. The van der Waals surface area contributed by atoms with Gasteiger partial charge in [0, 0.05) is 0 Å². The lowest BCUT2D eigenvalue weighted by molar-refractivity contribution is 0.0714. The van der Waals surface area contributed by atoms with Gasteiger partial charge in [0.2, 0.25) is 0 Å². The summed E-state index contributed by atoms with van der Waals surface area (Å²) in [6.07, 6.45) is 1.60. The van der Waals surface area contributed by atoms with E-state index in [1.54, 1.807) is 30.3 Å². The van der Waals surface area contributed by atoms with Crippen molar-refractivity contribution in [2.75, 3.05) is 7.11 Å². The molecule has 25 heavy (non-hydrogen) atoms. The molecule has 0 heterocycles. The van der Waals surface area contributed by atoms with Gasteiger partial charge in [0.05, 0.1) is 19.3 Å². The van der Waals surface area contributed by atoms with Crippen LogP contribution >= 0.6 is 0 Å². The Bertz CT molecular complexity index is 654. The van der Waals surface area contributed by atoms with Gasteiger partial charge < -0.3 is 25.2 Å². The summed E-state index contributed by atoms with van der Waals surface area (Å²) in [5, 5.41) is 39.0. The first-order valence-electron chi connectivity index (χ1n) is 8.48. The summed E-state index contributed by atoms with van der Waals surface area (Å²) < 4.78 is 5.07. The summed E-state index contributed by atoms with van der Waals surface area (Å²) >= 11 is 0.